The predicted molar refractivity (Wildman–Crippen MR) is 251 cm³/mol. The number of aliphatic hydroxyl groups is 4. The Balaban J connectivity index is 1.43. The molecule has 0 bridgehead atoms. The number of halogens is 2. The molecular formula is C53H64F2N4O9. The van der Waals surface area contributed by atoms with Crippen LogP contribution >= 0.6 is 0 Å². The second-order valence-corrected chi connectivity index (χ2v) is 19.3. The minimum atomic E-state index is -2.05. The number of nitrogens with one attached hydrogen (secondary N) is 2. The largest absolute Gasteiger partial charge is 0.508 e. The van der Waals surface area contributed by atoms with Crippen LogP contribution in [0.1, 0.15) is 80.5 Å². The summed E-state index contributed by atoms with van der Waals surface area (Å²) in [4.78, 5) is 51.0. The van der Waals surface area contributed by atoms with Gasteiger partial charge in [0.2, 0.25) is 0 Å². The third-order valence-corrected chi connectivity index (χ3v) is 15.9. The summed E-state index contributed by atoms with van der Waals surface area (Å²) in [7, 11) is 0. The molecule has 15 heteroatoms. The number of phenols is 2. The average Bonchev–Trinajstić information content (AvgIpc) is 3.34. The number of rotatable bonds is 14. The number of carbonyl (C=O) groups excluding carboxylic acids is 3. The topological polar surface area (TPSA) is 203 Å². The molecule has 4 aliphatic rings. The Bertz CT molecular complexity index is 2310. The smallest absolute Gasteiger partial charge is 0.179 e. The molecule has 0 aliphatic carbocycles. The van der Waals surface area contributed by atoms with Gasteiger partial charge >= 0.3 is 0 Å². The Hall–Kier alpha value is -4.97. The molecule has 0 amide bonds. The number of likely N-dealkylation sites (tertiary alicyclic amines) is 2. The van der Waals surface area contributed by atoms with E-state index in [4.69, 9.17) is 0 Å². The van der Waals surface area contributed by atoms with Crippen LogP contribution in [-0.2, 0) is 4.79 Å². The van der Waals surface area contributed by atoms with Crippen molar-refractivity contribution in [2.24, 2.45) is 23.7 Å². The van der Waals surface area contributed by atoms with Gasteiger partial charge in [-0.2, -0.15) is 0 Å². The van der Waals surface area contributed by atoms with Gasteiger partial charge in [0.15, 0.2) is 17.3 Å². The van der Waals surface area contributed by atoms with Gasteiger partial charge in [0.1, 0.15) is 34.2 Å². The number of nitrogens with zero attached hydrogens (tertiary/aromatic N) is 2. The fraction of sp³-hybridized carbons (Fsp3) is 0.491. The third-order valence-electron chi connectivity index (χ3n) is 15.9. The third kappa shape index (κ3) is 8.48. The van der Waals surface area contributed by atoms with Crippen molar-refractivity contribution in [2.45, 2.75) is 74.7 Å². The van der Waals surface area contributed by atoms with Gasteiger partial charge in [-0.1, -0.05) is 48.5 Å². The number of carbonyl (C=O) groups is 3. The van der Waals surface area contributed by atoms with Gasteiger partial charge in [0.05, 0.1) is 25.4 Å². The summed E-state index contributed by atoms with van der Waals surface area (Å²) in [6, 6.07) is 20.4. The highest BCUT2D eigenvalue weighted by Crippen LogP contribution is 2.56. The summed E-state index contributed by atoms with van der Waals surface area (Å²) in [6.07, 6.45) is -1.72. The molecule has 8 rings (SSSR count). The maximum Gasteiger partial charge on any atom is 0.179 e. The molecule has 0 radical (unpaired) electrons. The van der Waals surface area contributed by atoms with Crippen molar-refractivity contribution in [2.75, 3.05) is 65.6 Å². The van der Waals surface area contributed by atoms with Crippen molar-refractivity contribution in [3.8, 4) is 11.5 Å². The fourth-order valence-corrected chi connectivity index (χ4v) is 12.8. The van der Waals surface area contributed by atoms with E-state index in [-0.39, 0.29) is 84.1 Å². The van der Waals surface area contributed by atoms with E-state index >= 15 is 23.2 Å². The summed E-state index contributed by atoms with van der Waals surface area (Å²) < 4.78 is 31.8. The van der Waals surface area contributed by atoms with Gasteiger partial charge in [-0.3, -0.25) is 24.2 Å². The molecule has 8 N–H and O–H groups in total. The van der Waals surface area contributed by atoms with Crippen LogP contribution in [0.25, 0.3) is 0 Å². The average molecular weight is 939 g/mol. The molecule has 0 spiro atoms. The zero-order valence-corrected chi connectivity index (χ0v) is 38.7. The first-order valence-corrected chi connectivity index (χ1v) is 23.9. The molecule has 10 atom stereocenters. The number of aromatic hydroxyl groups is 2. The zero-order chi connectivity index (χ0) is 48.5. The van der Waals surface area contributed by atoms with Gasteiger partial charge in [-0.25, -0.2) is 8.78 Å². The molecule has 0 aromatic heterocycles. The van der Waals surface area contributed by atoms with Crippen LogP contribution in [0, 0.1) is 49.2 Å². The molecule has 4 heterocycles. The minimum Gasteiger partial charge on any atom is -0.508 e. The van der Waals surface area contributed by atoms with E-state index in [0.29, 0.717) is 38.8 Å². The molecule has 4 aromatic carbocycles. The van der Waals surface area contributed by atoms with Gasteiger partial charge in [0, 0.05) is 74.1 Å². The van der Waals surface area contributed by atoms with Crippen LogP contribution < -0.4 is 10.6 Å². The van der Waals surface area contributed by atoms with E-state index in [1.165, 1.54) is 72.8 Å². The Morgan fingerprint density at radius 1 is 0.632 bits per heavy atom. The van der Waals surface area contributed by atoms with Crippen LogP contribution in [0.2, 0.25) is 0 Å². The van der Waals surface area contributed by atoms with E-state index in [0.717, 1.165) is 0 Å². The molecule has 4 aromatic rings. The standard InChI is InChI=1S/C53H64F2N4O9/c1-31-39(15-5-17-43(31)54)45-41(47(64)33-9-3-13-37(62)25-33)29-58(21-23-60)52(49(45)66,35-11-7-19-56-27-35)51(68)53(36-12-8-20-57-28-36)50(67)46(40-16-6-18-44(55)32(40)2)42(30-59(53)22-24-61)48(65)34-10-4-14-38(63)26-34/h3-6,9-10,13-18,25-26,35-36,41-42,45-46,49-50,56-57,60-63,66-67H,7-8,11-12,19-24,27-30H2,1-2H3/t35?,36?,41-,42-,45+,46+,49-,50-,52-,53-/m0/s1. The summed E-state index contributed by atoms with van der Waals surface area (Å²) in [5, 5.41) is 77.9. The highest BCUT2D eigenvalue weighted by Gasteiger charge is 2.72. The molecule has 0 saturated carbocycles. The number of hydrogen-bond donors (Lipinski definition) is 8. The predicted octanol–water partition coefficient (Wildman–Crippen LogP) is 4.24. The first-order valence-electron chi connectivity index (χ1n) is 23.9. The molecule has 4 aliphatic heterocycles. The van der Waals surface area contributed by atoms with E-state index in [2.05, 4.69) is 10.6 Å². The number of piperidine rings is 4. The van der Waals surface area contributed by atoms with E-state index in [1.54, 1.807) is 35.8 Å². The monoisotopic (exact) mass is 938 g/mol. The van der Waals surface area contributed by atoms with Crippen LogP contribution in [0.3, 0.4) is 0 Å². The normalized spacial score (nSPS) is 30.5. The van der Waals surface area contributed by atoms with E-state index < -0.39 is 101 Å². The lowest BCUT2D eigenvalue weighted by molar-refractivity contribution is -0.197. The quantitative estimate of drug-likeness (QED) is 0.0836. The Morgan fingerprint density at radius 2 is 1.03 bits per heavy atom. The Kier molecular flexibility index (Phi) is 14.9. The lowest BCUT2D eigenvalue weighted by Gasteiger charge is -2.65. The molecular weight excluding hydrogens is 875 g/mol. The number of benzene rings is 4. The van der Waals surface area contributed by atoms with Crippen LogP contribution in [0.4, 0.5) is 8.78 Å². The maximum absolute atomic E-state index is 17.6. The molecule has 4 saturated heterocycles. The number of aliphatic hydroxyl groups excluding tert-OH is 4. The van der Waals surface area contributed by atoms with Crippen molar-refractivity contribution >= 4 is 17.3 Å². The number of β-amino-alcohol motifs (C(OH)–C–C–N with tert-alkyl or cyclic N) is 2. The van der Waals surface area contributed by atoms with E-state index in [1.807, 2.05) is 0 Å². The van der Waals surface area contributed by atoms with Gasteiger partial charge < -0.3 is 41.3 Å². The highest BCUT2D eigenvalue weighted by molar-refractivity contribution is 6.03. The van der Waals surface area contributed by atoms with Crippen LogP contribution in [-0.4, -0.2) is 147 Å². The van der Waals surface area contributed by atoms with Crippen molar-refractivity contribution in [1.82, 2.24) is 20.4 Å². The van der Waals surface area contributed by atoms with Crippen molar-refractivity contribution in [3.05, 3.63) is 130 Å². The lowest BCUT2D eigenvalue weighted by atomic mass is 9.52. The Morgan fingerprint density at radius 3 is 1.38 bits per heavy atom. The molecule has 68 heavy (non-hydrogen) atoms. The summed E-state index contributed by atoms with van der Waals surface area (Å²) in [5.74, 6) is -9.43. The second-order valence-electron chi connectivity index (χ2n) is 19.3. The Labute approximate surface area is 395 Å². The first kappa shape index (κ1) is 49.5. The molecule has 13 nitrogen and oxygen atoms in total. The highest BCUT2D eigenvalue weighted by atomic mass is 19.1. The van der Waals surface area contributed by atoms with Crippen LogP contribution in [0.15, 0.2) is 84.9 Å². The fourth-order valence-electron chi connectivity index (χ4n) is 12.8. The van der Waals surface area contributed by atoms with Gasteiger partial charge in [-0.15, -0.1) is 0 Å². The molecule has 2 unspecified atom stereocenters. The number of ketones is 3. The summed E-state index contributed by atoms with van der Waals surface area (Å²) in [6.45, 7) is 2.83. The summed E-state index contributed by atoms with van der Waals surface area (Å²) >= 11 is 0. The number of hydrogen-bond acceptors (Lipinski definition) is 13. The minimum absolute atomic E-state index is 0.126. The lowest BCUT2D eigenvalue weighted by Crippen LogP contribution is -2.84. The molecule has 364 valence electrons. The maximum atomic E-state index is 17.6. The van der Waals surface area contributed by atoms with Gasteiger partial charge in [-0.05, 0) is 123 Å². The van der Waals surface area contributed by atoms with Crippen molar-refractivity contribution in [3.63, 3.8) is 0 Å². The van der Waals surface area contributed by atoms with Gasteiger partial charge in [0.25, 0.3) is 0 Å². The summed E-state index contributed by atoms with van der Waals surface area (Å²) in [5.41, 5.74) is -2.96. The SMILES string of the molecule is Cc1c(F)cccc1[C@@H]1[C@@H](C(=O)c2cccc(O)c2)CN(CCO)[C@@](C(=O)[C@]2(C3CCCNC3)[C@@H](O)[C@H](c3cccc(F)c3C)[C@@H](C(=O)c3cccc(O)c3)CN2CCO)(C2CCCNC2)[C@H]1O. The zero-order valence-electron chi connectivity index (χ0n) is 38.7. The van der Waals surface area contributed by atoms with Crippen LogP contribution in [0.5, 0.6) is 11.5 Å². The number of Topliss-reactive ketones (excluding diaryl/α,β-unsaturated/α-hetero) is 3. The number of phenolic OH excluding ortho intramolecular Hbond substituents is 2. The van der Waals surface area contributed by atoms with Crippen molar-refractivity contribution in [1.29, 1.82) is 0 Å². The molecule has 4 fully saturated rings. The van der Waals surface area contributed by atoms with Crippen molar-refractivity contribution < 1.29 is 53.8 Å². The van der Waals surface area contributed by atoms with E-state index in [9.17, 15) is 30.6 Å². The first-order chi connectivity index (χ1) is 32.7. The second kappa shape index (κ2) is 20.6.